The van der Waals surface area contributed by atoms with E-state index in [-0.39, 0.29) is 17.4 Å². The Morgan fingerprint density at radius 2 is 1.70 bits per heavy atom. The van der Waals surface area contributed by atoms with Crippen molar-refractivity contribution in [1.82, 2.24) is 4.98 Å². The molecule has 6 nitrogen and oxygen atoms in total. The molecule has 0 bridgehead atoms. The number of anilines is 2. The van der Waals surface area contributed by atoms with Crippen LogP contribution in [0.25, 0.3) is 21.8 Å². The number of nitrogens with one attached hydrogen (secondary N) is 1. The number of nitro groups is 1. The van der Waals surface area contributed by atoms with E-state index >= 15 is 0 Å². The first-order valence-electron chi connectivity index (χ1n) is 9.37. The highest BCUT2D eigenvalue weighted by Gasteiger charge is 2.14. The van der Waals surface area contributed by atoms with E-state index in [0.29, 0.717) is 11.9 Å². The Balaban J connectivity index is 1.81. The molecule has 1 heterocycles. The number of alkyl halides is 1. The van der Waals surface area contributed by atoms with Crippen molar-refractivity contribution in [3.63, 3.8) is 0 Å². The molecule has 0 unspecified atom stereocenters. The Morgan fingerprint density at radius 3 is 2.37 bits per heavy atom. The summed E-state index contributed by atoms with van der Waals surface area (Å²) in [6, 6.07) is 18.2. The van der Waals surface area contributed by atoms with Gasteiger partial charge in [-0.1, -0.05) is 24.3 Å². The monoisotopic (exact) mass is 419 g/mol. The summed E-state index contributed by atoms with van der Waals surface area (Å²) in [4.78, 5) is 27.0. The quantitative estimate of drug-likeness (QED) is 0.187. The molecule has 0 amide bonds. The number of fused-ring (bicyclic) bond motifs is 2. The highest BCUT2D eigenvalue weighted by Crippen LogP contribution is 2.35. The summed E-state index contributed by atoms with van der Waals surface area (Å²) >= 11 is 5.58. The first-order chi connectivity index (χ1) is 14.4. The molecule has 150 valence electrons. The van der Waals surface area contributed by atoms with Crippen LogP contribution in [0.1, 0.15) is 11.1 Å². The van der Waals surface area contributed by atoms with E-state index < -0.39 is 4.92 Å². The lowest BCUT2D eigenvalue weighted by atomic mass is 10.0. The largest absolute Gasteiger partial charge is 0.354 e. The Hall–Kier alpha value is -3.51. The van der Waals surface area contributed by atoms with Gasteiger partial charge in [0, 0.05) is 35.0 Å². The predicted octanol–water partition coefficient (Wildman–Crippen LogP) is 5.70. The number of halogens is 1. The Kier molecular flexibility index (Phi) is 5.33. The standard InChI is InChI=1S/C23H18ClN3O3/c1-14-2-8-19-21(10-14)26-22-12-17(27(29)30)7-9-20(22)23(19)25-16-5-3-15(4-6-16)11-18(28)13-24/h2-10,12H,11,13H2,1H3,(H,25,26). The summed E-state index contributed by atoms with van der Waals surface area (Å²) < 4.78 is 0. The number of non-ortho nitro benzene ring substituents is 1. The van der Waals surface area contributed by atoms with Crippen molar-refractivity contribution < 1.29 is 9.72 Å². The minimum atomic E-state index is -0.421. The third-order valence-electron chi connectivity index (χ3n) is 4.90. The number of pyridine rings is 1. The van der Waals surface area contributed by atoms with Crippen LogP contribution >= 0.6 is 11.6 Å². The van der Waals surface area contributed by atoms with Gasteiger partial charge in [-0.05, 0) is 42.3 Å². The summed E-state index contributed by atoms with van der Waals surface area (Å²) in [5, 5.41) is 16.3. The molecule has 0 aliphatic heterocycles. The number of nitro benzene ring substituents is 1. The van der Waals surface area contributed by atoms with Gasteiger partial charge in [0.2, 0.25) is 0 Å². The van der Waals surface area contributed by atoms with Gasteiger partial charge in [0.05, 0.1) is 27.5 Å². The molecule has 1 aromatic heterocycles. The average molecular weight is 420 g/mol. The molecule has 4 aromatic rings. The van der Waals surface area contributed by atoms with Crippen LogP contribution in [-0.2, 0) is 11.2 Å². The number of carbonyl (C=O) groups excluding carboxylic acids is 1. The Bertz CT molecular complexity index is 1290. The lowest BCUT2D eigenvalue weighted by Gasteiger charge is -2.14. The molecule has 0 saturated heterocycles. The zero-order valence-corrected chi connectivity index (χ0v) is 16.9. The van der Waals surface area contributed by atoms with Crippen LogP contribution in [0.3, 0.4) is 0 Å². The predicted molar refractivity (Wildman–Crippen MR) is 120 cm³/mol. The van der Waals surface area contributed by atoms with E-state index in [1.54, 1.807) is 6.07 Å². The molecule has 0 atom stereocenters. The van der Waals surface area contributed by atoms with Crippen molar-refractivity contribution in [3.05, 3.63) is 81.9 Å². The molecule has 1 N–H and O–H groups in total. The summed E-state index contributed by atoms with van der Waals surface area (Å²) in [5.74, 6) is -0.0268. The molecule has 30 heavy (non-hydrogen) atoms. The number of aromatic nitrogens is 1. The molecular weight excluding hydrogens is 402 g/mol. The van der Waals surface area contributed by atoms with Gasteiger partial charge in [0.25, 0.3) is 5.69 Å². The maximum absolute atomic E-state index is 11.6. The van der Waals surface area contributed by atoms with Crippen molar-refractivity contribution in [2.45, 2.75) is 13.3 Å². The van der Waals surface area contributed by atoms with Crippen molar-refractivity contribution in [2.75, 3.05) is 11.2 Å². The number of ketones is 1. The number of rotatable bonds is 6. The molecule has 3 aromatic carbocycles. The molecule has 0 saturated carbocycles. The second-order valence-corrected chi connectivity index (χ2v) is 7.40. The summed E-state index contributed by atoms with van der Waals surface area (Å²) in [6.07, 6.45) is 0.299. The molecule has 0 radical (unpaired) electrons. The van der Waals surface area contributed by atoms with Crippen molar-refractivity contribution in [1.29, 1.82) is 0 Å². The van der Waals surface area contributed by atoms with E-state index in [2.05, 4.69) is 10.3 Å². The van der Waals surface area contributed by atoms with Crippen molar-refractivity contribution >= 4 is 56.3 Å². The molecule has 4 rings (SSSR count). The fraction of sp³-hybridized carbons (Fsp3) is 0.130. The highest BCUT2D eigenvalue weighted by molar-refractivity contribution is 6.27. The Morgan fingerprint density at radius 1 is 1.03 bits per heavy atom. The first-order valence-corrected chi connectivity index (χ1v) is 9.90. The van der Waals surface area contributed by atoms with E-state index in [9.17, 15) is 14.9 Å². The van der Waals surface area contributed by atoms with Gasteiger partial charge in [0.15, 0.2) is 5.78 Å². The van der Waals surface area contributed by atoms with Gasteiger partial charge in [-0.15, -0.1) is 11.6 Å². The van der Waals surface area contributed by atoms with Gasteiger partial charge in [-0.3, -0.25) is 14.9 Å². The zero-order chi connectivity index (χ0) is 21.3. The van der Waals surface area contributed by atoms with Crippen LogP contribution in [0.2, 0.25) is 0 Å². The van der Waals surface area contributed by atoms with Crippen LogP contribution in [0.4, 0.5) is 17.1 Å². The minimum Gasteiger partial charge on any atom is -0.354 e. The molecule has 0 spiro atoms. The highest BCUT2D eigenvalue weighted by atomic mass is 35.5. The summed E-state index contributed by atoms with van der Waals surface area (Å²) in [7, 11) is 0. The van der Waals surface area contributed by atoms with Crippen LogP contribution < -0.4 is 5.32 Å². The van der Waals surface area contributed by atoms with E-state index in [0.717, 1.165) is 38.8 Å². The number of nitrogens with zero attached hydrogens (tertiary/aromatic N) is 2. The smallest absolute Gasteiger partial charge is 0.271 e. The van der Waals surface area contributed by atoms with Gasteiger partial charge >= 0.3 is 0 Å². The van der Waals surface area contributed by atoms with Gasteiger partial charge < -0.3 is 5.32 Å². The summed E-state index contributed by atoms with van der Waals surface area (Å²) in [5.41, 5.74) is 4.92. The first kappa shape index (κ1) is 19.8. The van der Waals surface area contributed by atoms with Gasteiger partial charge in [-0.25, -0.2) is 4.98 Å². The van der Waals surface area contributed by atoms with Crippen LogP contribution in [0, 0.1) is 17.0 Å². The topological polar surface area (TPSA) is 85.1 Å². The van der Waals surface area contributed by atoms with Crippen LogP contribution in [0.5, 0.6) is 0 Å². The Labute approximate surface area is 177 Å². The second kappa shape index (κ2) is 8.08. The van der Waals surface area contributed by atoms with Crippen molar-refractivity contribution in [3.8, 4) is 0 Å². The number of aryl methyl sites for hydroxylation is 1. The average Bonchev–Trinajstić information content (AvgIpc) is 2.74. The number of benzene rings is 3. The number of Topliss-reactive ketones (excluding diaryl/α,β-unsaturated/α-hetero) is 1. The minimum absolute atomic E-state index is 0.000545. The van der Waals surface area contributed by atoms with Crippen LogP contribution in [0.15, 0.2) is 60.7 Å². The fourth-order valence-electron chi connectivity index (χ4n) is 3.42. The maximum atomic E-state index is 11.6. The van der Waals surface area contributed by atoms with Crippen molar-refractivity contribution in [2.24, 2.45) is 0 Å². The van der Waals surface area contributed by atoms with Gasteiger partial charge in [-0.2, -0.15) is 0 Å². The number of hydrogen-bond acceptors (Lipinski definition) is 5. The van der Waals surface area contributed by atoms with E-state index in [1.165, 1.54) is 12.1 Å². The maximum Gasteiger partial charge on any atom is 0.271 e. The molecule has 0 aliphatic carbocycles. The third-order valence-corrected chi connectivity index (χ3v) is 5.20. The molecular formula is C23H18ClN3O3. The normalized spacial score (nSPS) is 11.0. The van der Waals surface area contributed by atoms with E-state index in [1.807, 2.05) is 49.4 Å². The molecule has 0 aliphatic rings. The third kappa shape index (κ3) is 3.95. The molecule has 7 heteroatoms. The lowest BCUT2D eigenvalue weighted by Crippen LogP contribution is -2.03. The van der Waals surface area contributed by atoms with Gasteiger partial charge in [0.1, 0.15) is 0 Å². The second-order valence-electron chi connectivity index (χ2n) is 7.14. The fourth-order valence-corrected chi connectivity index (χ4v) is 3.51. The molecule has 0 fully saturated rings. The summed E-state index contributed by atoms with van der Waals surface area (Å²) in [6.45, 7) is 1.98. The van der Waals surface area contributed by atoms with Crippen LogP contribution in [-0.4, -0.2) is 21.6 Å². The number of carbonyl (C=O) groups is 1. The zero-order valence-electron chi connectivity index (χ0n) is 16.2. The van der Waals surface area contributed by atoms with E-state index in [4.69, 9.17) is 11.6 Å². The lowest BCUT2D eigenvalue weighted by molar-refractivity contribution is -0.384. The number of hydrogen-bond donors (Lipinski definition) is 1. The SMILES string of the molecule is Cc1ccc2c(Nc3ccc(CC(=O)CCl)cc3)c3ccc([N+](=O)[O-])cc3nc2c1.